The lowest BCUT2D eigenvalue weighted by Crippen LogP contribution is -2.14. The van der Waals surface area contributed by atoms with Crippen molar-refractivity contribution in [3.05, 3.63) is 57.8 Å². The fraction of sp³-hybridized carbons (Fsp3) is 0.0667. The van der Waals surface area contributed by atoms with Crippen molar-refractivity contribution in [2.24, 2.45) is 0 Å². The third-order valence-electron chi connectivity index (χ3n) is 2.95. The smallest absolute Gasteiger partial charge is 0.337 e. The van der Waals surface area contributed by atoms with E-state index in [1.54, 1.807) is 0 Å². The number of halogens is 2. The summed E-state index contributed by atoms with van der Waals surface area (Å²) < 4.78 is 45.7. The highest BCUT2D eigenvalue weighted by Gasteiger charge is 2.19. The molecule has 1 N–H and O–H groups in total. The third kappa shape index (κ3) is 3.90. The van der Waals surface area contributed by atoms with Gasteiger partial charge in [-0.1, -0.05) is 15.9 Å². The van der Waals surface area contributed by atoms with Gasteiger partial charge in [-0.2, -0.15) is 5.26 Å². The molecular formula is C15H10BrFN2O4S. The van der Waals surface area contributed by atoms with Crippen LogP contribution in [0.3, 0.4) is 0 Å². The molecule has 6 nitrogen and oxygen atoms in total. The Kier molecular flexibility index (Phi) is 5.21. The van der Waals surface area contributed by atoms with Crippen molar-refractivity contribution >= 4 is 37.6 Å². The van der Waals surface area contributed by atoms with Crippen LogP contribution in [0.4, 0.5) is 10.1 Å². The summed E-state index contributed by atoms with van der Waals surface area (Å²) in [6.45, 7) is 0. The summed E-state index contributed by atoms with van der Waals surface area (Å²) in [5.41, 5.74) is -0.250. The molecule has 0 heterocycles. The summed E-state index contributed by atoms with van der Waals surface area (Å²) >= 11 is 3.11. The standard InChI is InChI=1S/C15H10BrFN2O4S/c1-23-15(20)10-2-3-14(13(17)6-10)19-24(21,22)12-5-9(8-18)4-11(16)7-12/h2-7,19H,1H3. The van der Waals surface area contributed by atoms with Crippen molar-refractivity contribution in [2.45, 2.75) is 4.90 Å². The molecule has 0 spiro atoms. The van der Waals surface area contributed by atoms with Crippen molar-refractivity contribution in [3.8, 4) is 6.07 Å². The summed E-state index contributed by atoms with van der Waals surface area (Å²) in [7, 11) is -2.97. The van der Waals surface area contributed by atoms with E-state index in [0.29, 0.717) is 4.47 Å². The molecular weight excluding hydrogens is 403 g/mol. The van der Waals surface area contributed by atoms with Gasteiger partial charge in [0.15, 0.2) is 0 Å². The van der Waals surface area contributed by atoms with Crippen molar-refractivity contribution in [1.29, 1.82) is 5.26 Å². The first-order chi connectivity index (χ1) is 11.3. The van der Waals surface area contributed by atoms with E-state index in [4.69, 9.17) is 5.26 Å². The molecule has 2 aromatic rings. The van der Waals surface area contributed by atoms with Gasteiger partial charge >= 0.3 is 5.97 Å². The zero-order valence-electron chi connectivity index (χ0n) is 12.2. The number of rotatable bonds is 4. The molecule has 9 heteroatoms. The molecule has 2 rings (SSSR count). The van der Waals surface area contributed by atoms with Gasteiger partial charge in [-0.25, -0.2) is 17.6 Å². The number of sulfonamides is 1. The number of ether oxygens (including phenoxy) is 1. The first kappa shape index (κ1) is 17.9. The Bertz CT molecular complexity index is 954. The largest absolute Gasteiger partial charge is 0.465 e. The first-order valence-electron chi connectivity index (χ1n) is 6.38. The molecule has 0 saturated carbocycles. The highest BCUT2D eigenvalue weighted by Crippen LogP contribution is 2.24. The lowest BCUT2D eigenvalue weighted by atomic mass is 10.2. The maximum Gasteiger partial charge on any atom is 0.337 e. The van der Waals surface area contributed by atoms with E-state index in [1.807, 2.05) is 6.07 Å². The van der Waals surface area contributed by atoms with E-state index in [2.05, 4.69) is 25.4 Å². The number of carbonyl (C=O) groups is 1. The number of nitriles is 1. The molecule has 0 aliphatic carbocycles. The molecule has 0 radical (unpaired) electrons. The van der Waals surface area contributed by atoms with Crippen molar-refractivity contribution < 1.29 is 22.3 Å². The van der Waals surface area contributed by atoms with E-state index in [0.717, 1.165) is 25.3 Å². The number of methoxy groups -OCH3 is 1. The highest BCUT2D eigenvalue weighted by atomic mass is 79.9. The Morgan fingerprint density at radius 2 is 2.00 bits per heavy atom. The average molecular weight is 413 g/mol. The number of benzene rings is 2. The predicted molar refractivity (Wildman–Crippen MR) is 87.4 cm³/mol. The number of nitrogens with one attached hydrogen (secondary N) is 1. The summed E-state index contributed by atoms with van der Waals surface area (Å²) in [5, 5.41) is 8.90. The molecule has 0 amide bonds. The number of hydrogen-bond acceptors (Lipinski definition) is 5. The fourth-order valence-corrected chi connectivity index (χ4v) is 3.61. The van der Waals surface area contributed by atoms with E-state index in [1.165, 1.54) is 18.2 Å². The minimum Gasteiger partial charge on any atom is -0.465 e. The van der Waals surface area contributed by atoms with Crippen LogP contribution in [-0.2, 0) is 14.8 Å². The zero-order chi connectivity index (χ0) is 17.9. The fourth-order valence-electron chi connectivity index (χ4n) is 1.83. The molecule has 0 fully saturated rings. The predicted octanol–water partition coefficient (Wildman–Crippen LogP) is 3.05. The lowest BCUT2D eigenvalue weighted by Gasteiger charge is -2.10. The quantitative estimate of drug-likeness (QED) is 0.778. The monoisotopic (exact) mass is 412 g/mol. The van der Waals surface area contributed by atoms with Gasteiger partial charge in [0.1, 0.15) is 5.82 Å². The molecule has 124 valence electrons. The Balaban J connectivity index is 2.38. The Hall–Kier alpha value is -2.44. The minimum absolute atomic E-state index is 0.0489. The molecule has 0 saturated heterocycles. The Labute approximate surface area is 146 Å². The van der Waals surface area contributed by atoms with E-state index in [-0.39, 0.29) is 21.7 Å². The van der Waals surface area contributed by atoms with E-state index < -0.39 is 21.8 Å². The van der Waals surface area contributed by atoms with Crippen LogP contribution in [0.25, 0.3) is 0 Å². The zero-order valence-corrected chi connectivity index (χ0v) is 14.6. The number of hydrogen-bond donors (Lipinski definition) is 1. The van der Waals surface area contributed by atoms with Gasteiger partial charge in [-0.05, 0) is 36.4 Å². The Morgan fingerprint density at radius 3 is 2.58 bits per heavy atom. The highest BCUT2D eigenvalue weighted by molar-refractivity contribution is 9.10. The van der Waals surface area contributed by atoms with Gasteiger partial charge in [0.05, 0.1) is 34.9 Å². The van der Waals surface area contributed by atoms with Gasteiger partial charge in [-0.15, -0.1) is 0 Å². The molecule has 24 heavy (non-hydrogen) atoms. The third-order valence-corrected chi connectivity index (χ3v) is 4.75. The maximum absolute atomic E-state index is 14.0. The number of nitrogens with zero attached hydrogens (tertiary/aromatic N) is 1. The van der Waals surface area contributed by atoms with Gasteiger partial charge in [0, 0.05) is 4.47 Å². The van der Waals surface area contributed by atoms with Crippen LogP contribution in [0.5, 0.6) is 0 Å². The summed E-state index contributed by atoms with van der Waals surface area (Å²) in [6.07, 6.45) is 0. The maximum atomic E-state index is 14.0. The SMILES string of the molecule is COC(=O)c1ccc(NS(=O)(=O)c2cc(Br)cc(C#N)c2)c(F)c1. The van der Waals surface area contributed by atoms with Crippen LogP contribution in [-0.4, -0.2) is 21.5 Å². The van der Waals surface area contributed by atoms with Crippen LogP contribution in [0.15, 0.2) is 45.8 Å². The van der Waals surface area contributed by atoms with Crippen molar-refractivity contribution in [3.63, 3.8) is 0 Å². The molecule has 0 unspecified atom stereocenters. The van der Waals surface area contributed by atoms with Crippen LogP contribution in [0.2, 0.25) is 0 Å². The molecule has 2 aromatic carbocycles. The van der Waals surface area contributed by atoms with Crippen LogP contribution in [0.1, 0.15) is 15.9 Å². The van der Waals surface area contributed by atoms with Crippen molar-refractivity contribution in [2.75, 3.05) is 11.8 Å². The van der Waals surface area contributed by atoms with E-state index in [9.17, 15) is 17.6 Å². The van der Waals surface area contributed by atoms with Gasteiger partial charge in [0.25, 0.3) is 10.0 Å². The second kappa shape index (κ2) is 6.98. The van der Waals surface area contributed by atoms with Gasteiger partial charge < -0.3 is 4.74 Å². The second-order valence-corrected chi connectivity index (χ2v) is 7.18. The van der Waals surface area contributed by atoms with Crippen molar-refractivity contribution in [1.82, 2.24) is 0 Å². The van der Waals surface area contributed by atoms with E-state index >= 15 is 0 Å². The molecule has 0 aromatic heterocycles. The molecule has 0 atom stereocenters. The Morgan fingerprint density at radius 1 is 1.29 bits per heavy atom. The van der Waals surface area contributed by atoms with Gasteiger partial charge in [0.2, 0.25) is 0 Å². The number of carbonyl (C=O) groups excluding carboxylic acids is 1. The second-order valence-electron chi connectivity index (χ2n) is 4.58. The van der Waals surface area contributed by atoms with Crippen LogP contribution < -0.4 is 4.72 Å². The average Bonchev–Trinajstić information content (AvgIpc) is 2.55. The van der Waals surface area contributed by atoms with Crippen LogP contribution >= 0.6 is 15.9 Å². The molecule has 0 aliphatic heterocycles. The van der Waals surface area contributed by atoms with Gasteiger partial charge in [-0.3, -0.25) is 4.72 Å². The summed E-state index contributed by atoms with van der Waals surface area (Å²) in [4.78, 5) is 11.1. The lowest BCUT2D eigenvalue weighted by molar-refractivity contribution is 0.0600. The summed E-state index contributed by atoms with van der Waals surface area (Å²) in [5.74, 6) is -1.68. The molecule has 0 aliphatic rings. The number of anilines is 1. The minimum atomic E-state index is -4.12. The summed E-state index contributed by atoms with van der Waals surface area (Å²) in [6, 6.07) is 8.94. The normalized spacial score (nSPS) is 10.8. The van der Waals surface area contributed by atoms with Crippen LogP contribution in [0, 0.1) is 17.1 Å². The number of esters is 1. The molecule has 0 bridgehead atoms. The topological polar surface area (TPSA) is 96.3 Å². The first-order valence-corrected chi connectivity index (χ1v) is 8.66.